The zero-order valence-corrected chi connectivity index (χ0v) is 42.0. The van der Waals surface area contributed by atoms with E-state index in [2.05, 4.69) is 4.58 Å². The van der Waals surface area contributed by atoms with Crippen LogP contribution >= 0.6 is 0 Å². The van der Waals surface area contributed by atoms with Gasteiger partial charge in [-0.05, 0) is 129 Å². The average Bonchev–Trinajstić information content (AvgIpc) is 3.80. The Labute approximate surface area is 409 Å². The molecule has 2 aliphatic carbocycles. The summed E-state index contributed by atoms with van der Waals surface area (Å²) in [4.78, 5) is 13.3. The number of carboxylic acid groups (broad SMARTS) is 1. The van der Waals surface area contributed by atoms with Crippen LogP contribution in [0.3, 0.4) is 0 Å². The van der Waals surface area contributed by atoms with Crippen molar-refractivity contribution in [3.63, 3.8) is 0 Å². The van der Waals surface area contributed by atoms with E-state index < -0.39 is 74.7 Å². The van der Waals surface area contributed by atoms with E-state index in [1.807, 2.05) is 49.3 Å². The number of ether oxygens (including phenoxy) is 1. The zero-order valence-electron chi connectivity index (χ0n) is 38.7. The van der Waals surface area contributed by atoms with Gasteiger partial charge in [-0.3, -0.25) is 18.2 Å². The predicted molar refractivity (Wildman–Crippen MR) is 262 cm³/mol. The van der Waals surface area contributed by atoms with Crippen LogP contribution in [0.4, 0.5) is 5.69 Å². The third kappa shape index (κ3) is 10.5. The molecular formula is C49H57N2O15S4+. The van der Waals surface area contributed by atoms with Crippen LogP contribution in [0, 0.1) is 11.3 Å². The number of carboxylic acids is 1. The minimum absolute atomic E-state index is 0.0460. The van der Waals surface area contributed by atoms with E-state index in [-0.39, 0.29) is 41.0 Å². The number of rotatable bonds is 18. The van der Waals surface area contributed by atoms with E-state index >= 15 is 0 Å². The van der Waals surface area contributed by atoms with Gasteiger partial charge in [0.25, 0.3) is 40.5 Å². The lowest BCUT2D eigenvalue weighted by Gasteiger charge is -2.41. The first-order valence-corrected chi connectivity index (χ1v) is 29.3. The summed E-state index contributed by atoms with van der Waals surface area (Å²) in [6.07, 6.45) is 17.7. The van der Waals surface area contributed by atoms with Crippen molar-refractivity contribution in [1.82, 2.24) is 0 Å². The Morgan fingerprint density at radius 1 is 0.786 bits per heavy atom. The second-order valence-corrected chi connectivity index (χ2v) is 25.2. The van der Waals surface area contributed by atoms with Crippen LogP contribution in [0.5, 0.6) is 5.75 Å². The fourth-order valence-corrected chi connectivity index (χ4v) is 14.1. The highest BCUT2D eigenvalue weighted by Gasteiger charge is 2.60. The lowest BCUT2D eigenvalue weighted by molar-refractivity contribution is -0.482. The maximum atomic E-state index is 13.0. The summed E-state index contributed by atoms with van der Waals surface area (Å²) in [5.74, 6) is -2.09. The van der Waals surface area contributed by atoms with Crippen molar-refractivity contribution in [2.24, 2.45) is 11.3 Å². The number of anilines is 1. The molecule has 8 rings (SSSR count). The molecule has 0 saturated carbocycles. The Morgan fingerprint density at radius 3 is 2.11 bits per heavy atom. The lowest BCUT2D eigenvalue weighted by atomic mass is 9.68. The van der Waals surface area contributed by atoms with Crippen molar-refractivity contribution in [2.45, 2.75) is 101 Å². The molecule has 5 N–H and O–H groups in total. The molecule has 0 radical (unpaired) electrons. The first kappa shape index (κ1) is 51.4. The van der Waals surface area contributed by atoms with Gasteiger partial charge in [0.15, 0.2) is 11.4 Å². The first-order valence-electron chi connectivity index (χ1n) is 23.2. The van der Waals surface area contributed by atoms with Crippen LogP contribution in [-0.2, 0) is 52.3 Å². The lowest BCUT2D eigenvalue weighted by Crippen LogP contribution is -2.36. The molecule has 0 fully saturated rings. The van der Waals surface area contributed by atoms with Gasteiger partial charge >= 0.3 is 5.97 Å². The van der Waals surface area contributed by atoms with Gasteiger partial charge in [0.05, 0.1) is 33.3 Å². The molecule has 0 amide bonds. The Balaban J connectivity index is 1.26. The second-order valence-electron chi connectivity index (χ2n) is 19.2. The SMILES string of the molecule is CC1(CCCCS(=O)(=O)O)C(C=CC2=C(Oc3ccc(C(=O)O)cc3)C(=CC=C3[N+]4=C5C(=CC=C(S(=O)(=O)O)C5C3(C)CCCCS(=O)(=O)O)CCC4)CCC2)=CN2CCc3ccc(S(=O)(=O)O)c1c32. The van der Waals surface area contributed by atoms with Crippen molar-refractivity contribution in [1.29, 1.82) is 0 Å². The number of benzene rings is 2. The van der Waals surface area contributed by atoms with Crippen LogP contribution in [-0.4, -0.2) is 97.8 Å². The molecule has 4 heterocycles. The van der Waals surface area contributed by atoms with Crippen molar-refractivity contribution in [2.75, 3.05) is 29.5 Å². The third-order valence-electron chi connectivity index (χ3n) is 14.5. The maximum absolute atomic E-state index is 13.0. The Bertz CT molecular complexity index is 3250. The molecule has 3 unspecified atom stereocenters. The van der Waals surface area contributed by atoms with Gasteiger partial charge in [-0.25, -0.2) is 4.79 Å². The molecule has 70 heavy (non-hydrogen) atoms. The Morgan fingerprint density at radius 2 is 1.47 bits per heavy atom. The van der Waals surface area contributed by atoms with Crippen LogP contribution in [0.15, 0.2) is 123 Å². The molecule has 21 heteroatoms. The monoisotopic (exact) mass is 1040 g/mol. The van der Waals surface area contributed by atoms with Crippen molar-refractivity contribution >= 4 is 57.8 Å². The predicted octanol–water partition coefficient (Wildman–Crippen LogP) is 7.74. The molecule has 2 aromatic carbocycles. The molecule has 3 atom stereocenters. The fourth-order valence-electron chi connectivity index (χ4n) is 11.3. The molecule has 0 aromatic heterocycles. The first-order chi connectivity index (χ1) is 32.8. The van der Waals surface area contributed by atoms with Crippen molar-refractivity contribution in [3.05, 3.63) is 134 Å². The van der Waals surface area contributed by atoms with Gasteiger partial charge in [0, 0.05) is 47.5 Å². The summed E-state index contributed by atoms with van der Waals surface area (Å²) in [5.41, 5.74) is 4.50. The highest BCUT2D eigenvalue weighted by molar-refractivity contribution is 7.89. The highest BCUT2D eigenvalue weighted by Crippen LogP contribution is 2.55. The largest absolute Gasteiger partial charge is 0.478 e. The smallest absolute Gasteiger partial charge is 0.335 e. The number of allylic oxidation sites excluding steroid dienone is 12. The van der Waals surface area contributed by atoms with Gasteiger partial charge in [0.2, 0.25) is 0 Å². The summed E-state index contributed by atoms with van der Waals surface area (Å²) in [7, 11) is -18.0. The number of hydrogen-bond acceptors (Lipinski definition) is 11. The van der Waals surface area contributed by atoms with E-state index in [9.17, 15) is 61.8 Å². The van der Waals surface area contributed by atoms with Gasteiger partial charge in [-0.1, -0.05) is 44.1 Å². The summed E-state index contributed by atoms with van der Waals surface area (Å²) in [6, 6.07) is 9.01. The summed E-state index contributed by atoms with van der Waals surface area (Å²) < 4.78 is 148. The van der Waals surface area contributed by atoms with Crippen LogP contribution in [0.2, 0.25) is 0 Å². The molecular weight excluding hydrogens is 985 g/mol. The Hall–Kier alpha value is -5.00. The molecule has 2 aromatic rings. The van der Waals surface area contributed by atoms with Crippen LogP contribution in [0.1, 0.15) is 106 Å². The van der Waals surface area contributed by atoms with E-state index in [0.717, 1.165) is 40.1 Å². The van der Waals surface area contributed by atoms with Gasteiger partial charge in [-0.15, -0.1) is 0 Å². The van der Waals surface area contributed by atoms with Crippen molar-refractivity contribution in [3.8, 4) is 5.75 Å². The minimum atomic E-state index is -4.74. The molecule has 6 aliphatic rings. The number of aromatic carboxylic acids is 1. The summed E-state index contributed by atoms with van der Waals surface area (Å²) in [5, 5.41) is 9.64. The normalized spacial score (nSPS) is 24.8. The van der Waals surface area contributed by atoms with E-state index in [1.54, 1.807) is 24.3 Å². The van der Waals surface area contributed by atoms with Crippen LogP contribution < -0.4 is 9.64 Å². The molecule has 0 saturated heterocycles. The maximum Gasteiger partial charge on any atom is 0.335 e. The van der Waals surface area contributed by atoms with Gasteiger partial charge < -0.3 is 14.7 Å². The van der Waals surface area contributed by atoms with E-state index in [0.29, 0.717) is 86.4 Å². The molecule has 0 spiro atoms. The highest BCUT2D eigenvalue weighted by atomic mass is 32.2. The van der Waals surface area contributed by atoms with E-state index in [1.165, 1.54) is 24.3 Å². The second kappa shape index (κ2) is 19.2. The molecule has 0 bridgehead atoms. The number of carbonyl (C=O) groups is 1. The van der Waals surface area contributed by atoms with Crippen molar-refractivity contribution < 1.29 is 71.1 Å². The minimum Gasteiger partial charge on any atom is -0.478 e. The zero-order chi connectivity index (χ0) is 50.6. The topological polar surface area (TPSA) is 270 Å². The molecule has 4 aliphatic heterocycles. The standard InChI is InChI=1S/C49H56N2O15S4/c1-48(25-3-5-29-67(54,55)56)37(31-50-28-24-33-16-22-39(69(60,61)62)42(48)44(33)50)18-12-34-9-7-10-35(46(34)66-38-19-13-36(14-20-38)47(52)53)17-23-41-49(2,26-4-6-30-68(57,58)59)43-40(70(63,64)65)21-15-32-11-8-27-51(41)45(32)43/h12-23,31,43H,3-11,24-30H2,1-2H3,(H4-,52,53,54,55,56,57,58,59,60,61,62,63,64,65)/p+1. The molecule has 376 valence electrons. The van der Waals surface area contributed by atoms with Crippen LogP contribution in [0.25, 0.3) is 0 Å². The molecule has 17 nitrogen and oxygen atoms in total. The average molecular weight is 1040 g/mol. The fraction of sp³-hybridized carbons (Fsp3) is 0.429. The van der Waals surface area contributed by atoms with Gasteiger partial charge in [0.1, 0.15) is 22.9 Å². The third-order valence-corrected chi connectivity index (χ3v) is 18.0. The van der Waals surface area contributed by atoms with Gasteiger partial charge in [-0.2, -0.15) is 38.2 Å². The Kier molecular flexibility index (Phi) is 14.1. The summed E-state index contributed by atoms with van der Waals surface area (Å²) >= 11 is 0. The quantitative estimate of drug-likeness (QED) is 0.0542. The summed E-state index contributed by atoms with van der Waals surface area (Å²) in [6.45, 7) is 4.84. The van der Waals surface area contributed by atoms with E-state index in [4.69, 9.17) is 4.74 Å². The number of hydrogen-bond donors (Lipinski definition) is 5. The number of unbranched alkanes of at least 4 members (excludes halogenated alkanes) is 2. The number of nitrogens with zero attached hydrogens (tertiary/aromatic N) is 2.